The Labute approximate surface area is 293 Å². The smallest absolute Gasteiger partial charge is 0.353 e. The van der Waals surface area contributed by atoms with Gasteiger partial charge in [-0.1, -0.05) is 73.7 Å². The Morgan fingerprint density at radius 3 is 2.22 bits per heavy atom. The van der Waals surface area contributed by atoms with Gasteiger partial charge >= 0.3 is 23.9 Å². The highest BCUT2D eigenvalue weighted by Crippen LogP contribution is 2.68. The molecule has 0 aromatic heterocycles. The molecule has 1 heterocycles. The number of hydrogen-bond acceptors (Lipinski definition) is 11. The maximum absolute atomic E-state index is 13.3. The first-order valence-corrected chi connectivity index (χ1v) is 16.9. The Kier molecular flexibility index (Phi) is 8.84. The number of esters is 3. The average molecular weight is 699 g/mol. The quantitative estimate of drug-likeness (QED) is 0.192. The van der Waals surface area contributed by atoms with Crippen LogP contribution in [0.5, 0.6) is 11.5 Å². The van der Waals surface area contributed by atoms with Gasteiger partial charge in [-0.3, -0.25) is 4.79 Å². The molecular weight excluding hydrogens is 660 g/mol. The van der Waals surface area contributed by atoms with Gasteiger partial charge < -0.3 is 39.0 Å². The summed E-state index contributed by atoms with van der Waals surface area (Å²) >= 11 is 0. The fourth-order valence-corrected chi connectivity index (χ4v) is 8.52. The molecule has 1 unspecified atom stereocenters. The largest absolute Gasteiger partial charge is 0.493 e. The van der Waals surface area contributed by atoms with Crippen molar-refractivity contribution >= 4 is 23.9 Å². The van der Waals surface area contributed by atoms with Gasteiger partial charge in [0.05, 0.1) is 24.5 Å². The normalized spacial score (nSPS) is 27.0. The van der Waals surface area contributed by atoms with Crippen molar-refractivity contribution in [2.45, 2.75) is 74.5 Å². The molecule has 8 atom stereocenters. The highest BCUT2D eigenvalue weighted by Gasteiger charge is 2.72. The molecule has 0 saturated heterocycles. The van der Waals surface area contributed by atoms with Crippen LogP contribution in [0.2, 0.25) is 0 Å². The van der Waals surface area contributed by atoms with Gasteiger partial charge in [-0.2, -0.15) is 0 Å². The van der Waals surface area contributed by atoms with E-state index < -0.39 is 65.7 Å². The highest BCUT2D eigenvalue weighted by atomic mass is 16.6. The third-order valence-electron chi connectivity index (χ3n) is 10.9. The zero-order chi connectivity index (χ0) is 36.1. The van der Waals surface area contributed by atoms with Gasteiger partial charge in [0.1, 0.15) is 5.76 Å². The van der Waals surface area contributed by atoms with Crippen molar-refractivity contribution in [1.82, 2.24) is 0 Å². The zero-order valence-corrected chi connectivity index (χ0v) is 28.0. The van der Waals surface area contributed by atoms with E-state index in [-0.39, 0.29) is 35.1 Å². The Morgan fingerprint density at radius 2 is 1.57 bits per heavy atom. The van der Waals surface area contributed by atoms with Gasteiger partial charge in [0, 0.05) is 16.7 Å². The van der Waals surface area contributed by atoms with Crippen LogP contribution in [0.3, 0.4) is 0 Å². The van der Waals surface area contributed by atoms with E-state index in [0.717, 1.165) is 17.5 Å². The van der Waals surface area contributed by atoms with E-state index in [9.17, 15) is 34.5 Å². The summed E-state index contributed by atoms with van der Waals surface area (Å²) < 4.78 is 28.6. The summed E-state index contributed by atoms with van der Waals surface area (Å²) in [6.45, 7) is 2.14. The summed E-state index contributed by atoms with van der Waals surface area (Å²) in [5.74, 6) is -3.55. The molecule has 0 amide bonds. The van der Waals surface area contributed by atoms with Crippen LogP contribution < -0.4 is 9.47 Å². The molecule has 12 nitrogen and oxygen atoms in total. The van der Waals surface area contributed by atoms with Crippen LogP contribution in [0.15, 0.2) is 84.6 Å². The highest BCUT2D eigenvalue weighted by molar-refractivity contribution is 5.87. The first-order chi connectivity index (χ1) is 24.5. The number of rotatable bonds is 11. The Morgan fingerprint density at radius 1 is 0.922 bits per heavy atom. The third kappa shape index (κ3) is 5.62. The number of aliphatic hydroxyl groups excluding tert-OH is 1. The molecule has 3 aliphatic carbocycles. The van der Waals surface area contributed by atoms with Crippen LogP contribution >= 0.6 is 0 Å². The summed E-state index contributed by atoms with van der Waals surface area (Å²) in [6.07, 6.45) is -3.23. The van der Waals surface area contributed by atoms with Gasteiger partial charge in [-0.25, -0.2) is 14.4 Å². The lowest BCUT2D eigenvalue weighted by Gasteiger charge is -2.61. The molecule has 12 heteroatoms. The van der Waals surface area contributed by atoms with Crippen LogP contribution in [-0.2, 0) is 45.2 Å². The molecule has 266 valence electrons. The fraction of sp³-hybridized carbons (Fsp3) is 0.385. The van der Waals surface area contributed by atoms with Crippen molar-refractivity contribution in [3.63, 3.8) is 0 Å². The second kappa shape index (κ2) is 13.2. The van der Waals surface area contributed by atoms with Gasteiger partial charge in [-0.15, -0.1) is 0 Å². The van der Waals surface area contributed by atoms with Gasteiger partial charge in [0.2, 0.25) is 12.2 Å². The van der Waals surface area contributed by atoms with E-state index >= 15 is 0 Å². The second-order valence-electron chi connectivity index (χ2n) is 13.6. The van der Waals surface area contributed by atoms with Crippen molar-refractivity contribution in [3.8, 4) is 11.5 Å². The van der Waals surface area contributed by atoms with Crippen LogP contribution in [0, 0.1) is 11.8 Å². The Balaban J connectivity index is 1.08. The predicted molar refractivity (Wildman–Crippen MR) is 177 cm³/mol. The van der Waals surface area contributed by atoms with Crippen LogP contribution in [0.1, 0.15) is 67.1 Å². The van der Waals surface area contributed by atoms with Crippen LogP contribution in [0.4, 0.5) is 0 Å². The van der Waals surface area contributed by atoms with Crippen molar-refractivity contribution in [2.24, 2.45) is 11.8 Å². The maximum atomic E-state index is 13.3. The summed E-state index contributed by atoms with van der Waals surface area (Å²) in [7, 11) is 1.54. The molecule has 1 fully saturated rings. The van der Waals surface area contributed by atoms with E-state index in [2.05, 4.69) is 6.92 Å². The average Bonchev–Trinajstić information content (AvgIpc) is 3.48. The predicted octanol–water partition coefficient (Wildman–Crippen LogP) is 4.26. The minimum Gasteiger partial charge on any atom is -0.493 e. The molecule has 3 aromatic rings. The molecule has 7 rings (SSSR count). The first kappa shape index (κ1) is 34.3. The number of hydrogen-bond donors (Lipinski definition) is 3. The van der Waals surface area contributed by atoms with E-state index in [1.807, 2.05) is 12.1 Å². The SMILES string of the molecule is COc1ccc2c3c1O[C@H]1C(OC(=O)C[C@H](O)C(=O)O[C@H](C(=O)O[C@H](C(=O)O)c4ccccc4)c4ccccc4)=CC[C@@]4(O)[C@@H](C2)C(C)CC[C@]314. The molecule has 3 N–H and O–H groups in total. The second-order valence-corrected chi connectivity index (χ2v) is 13.6. The number of carboxylic acid groups (broad SMARTS) is 1. The molecule has 3 aromatic carbocycles. The van der Waals surface area contributed by atoms with Crippen molar-refractivity contribution < 1.29 is 58.2 Å². The molecule has 4 aliphatic rings. The summed E-state index contributed by atoms with van der Waals surface area (Å²) in [6, 6.07) is 19.4. The van der Waals surface area contributed by atoms with E-state index in [1.165, 1.54) is 31.4 Å². The van der Waals surface area contributed by atoms with Crippen LogP contribution in [-0.4, -0.2) is 64.1 Å². The number of ether oxygens (including phenoxy) is 5. The lowest BCUT2D eigenvalue weighted by Crippen LogP contribution is -2.69. The van der Waals surface area contributed by atoms with E-state index in [1.54, 1.807) is 42.5 Å². The van der Waals surface area contributed by atoms with Crippen molar-refractivity contribution in [1.29, 1.82) is 0 Å². The summed E-state index contributed by atoms with van der Waals surface area (Å²) in [5, 5.41) is 33.0. The molecule has 1 spiro atoms. The number of benzene rings is 3. The molecule has 2 bridgehead atoms. The zero-order valence-electron chi connectivity index (χ0n) is 28.0. The number of aliphatic hydroxyl groups is 2. The Hall–Kier alpha value is -5.20. The number of aliphatic carboxylic acids is 1. The number of carbonyl (C=O) groups is 4. The lowest BCUT2D eigenvalue weighted by molar-refractivity contribution is -0.182. The number of carboxylic acids is 1. The molecule has 51 heavy (non-hydrogen) atoms. The van der Waals surface area contributed by atoms with E-state index in [4.69, 9.17) is 23.7 Å². The van der Waals surface area contributed by atoms with Crippen molar-refractivity contribution in [2.75, 3.05) is 7.11 Å². The van der Waals surface area contributed by atoms with Crippen LogP contribution in [0.25, 0.3) is 0 Å². The minimum atomic E-state index is -2.05. The fourth-order valence-electron chi connectivity index (χ4n) is 8.52. The standard InChI is InChI=1S/C39H38O12/c1-21-15-17-38-30-24-13-14-27(47-2)33(30)49-34(38)28(16-18-39(38,46)25(21)19-24)48-29(41)20-26(40)36(44)51-32(23-11-7-4-8-12-23)37(45)50-31(35(42)43)22-9-5-3-6-10-22/h3-14,16,21,25-26,31-32,34,40,46H,15,17-20H2,1-2H3,(H,42,43)/t21?,25-,26-,31-,32-,34-,38-,39+/m0/s1. The Bertz CT molecular complexity index is 1890. The van der Waals surface area contributed by atoms with Gasteiger partial charge in [0.25, 0.3) is 0 Å². The molecule has 0 radical (unpaired) electrons. The molecular formula is C39H38O12. The molecule has 1 saturated carbocycles. The summed E-state index contributed by atoms with van der Waals surface area (Å²) in [5.41, 5.74) is 0.233. The number of carbonyl (C=O) groups excluding carboxylic acids is 3. The maximum Gasteiger partial charge on any atom is 0.353 e. The van der Waals surface area contributed by atoms with Gasteiger partial charge in [0.15, 0.2) is 23.7 Å². The van der Waals surface area contributed by atoms with E-state index in [0.29, 0.717) is 24.3 Å². The molecule has 1 aliphatic heterocycles. The monoisotopic (exact) mass is 698 g/mol. The third-order valence-corrected chi connectivity index (χ3v) is 10.9. The topological polar surface area (TPSA) is 175 Å². The first-order valence-electron chi connectivity index (χ1n) is 16.9. The number of methoxy groups -OCH3 is 1. The van der Waals surface area contributed by atoms with Gasteiger partial charge in [-0.05, 0) is 55.2 Å². The minimum absolute atomic E-state index is 0.0444. The summed E-state index contributed by atoms with van der Waals surface area (Å²) in [4.78, 5) is 51.8. The van der Waals surface area contributed by atoms with Crippen molar-refractivity contribution in [3.05, 3.63) is 107 Å². The lowest BCUT2D eigenvalue weighted by atomic mass is 9.45.